The number of benzene rings is 2. The van der Waals surface area contributed by atoms with Gasteiger partial charge >= 0.3 is 5.97 Å². The Hall–Kier alpha value is -4.02. The highest BCUT2D eigenvalue weighted by Gasteiger charge is 2.48. The van der Waals surface area contributed by atoms with Crippen LogP contribution < -0.4 is 10.2 Å². The molecule has 2 unspecified atom stereocenters. The molecule has 2 heterocycles. The molecular weight excluding hydrogens is 843 g/mol. The van der Waals surface area contributed by atoms with Crippen LogP contribution in [0.15, 0.2) is 70.1 Å². The number of carboxylic acid groups (broad SMARTS) is 1. The molecule has 2 aromatic rings. The highest BCUT2D eigenvalue weighted by Crippen LogP contribution is 2.51. The summed E-state index contributed by atoms with van der Waals surface area (Å²) >= 11 is 0. The Morgan fingerprint density at radius 2 is 1.43 bits per heavy atom. The van der Waals surface area contributed by atoms with Crippen molar-refractivity contribution in [2.75, 3.05) is 57.7 Å². The topological polar surface area (TPSA) is 254 Å². The molecule has 0 fully saturated rings. The van der Waals surface area contributed by atoms with Crippen molar-refractivity contribution in [3.63, 3.8) is 0 Å². The third-order valence-corrected chi connectivity index (χ3v) is 13.6. The zero-order valence-electron chi connectivity index (χ0n) is 34.3. The van der Waals surface area contributed by atoms with E-state index in [9.17, 15) is 53.6 Å². The van der Waals surface area contributed by atoms with Crippen molar-refractivity contribution < 1.29 is 67.7 Å². The van der Waals surface area contributed by atoms with E-state index in [1.165, 1.54) is 38.5 Å². The summed E-state index contributed by atoms with van der Waals surface area (Å²) in [5.74, 6) is -1.66. The Labute approximate surface area is 352 Å². The maximum absolute atomic E-state index is 12.7. The van der Waals surface area contributed by atoms with Gasteiger partial charge in [-0.1, -0.05) is 6.08 Å². The molecule has 20 heteroatoms. The standard InChI is InChI=1S/C40H55N3O14S3/c1-39(19-9-13-37(44)41-21-24-56-3)31-27-29(59(50,51)52)15-17-33(31)42(22-7-5-6-14-38(45)46)35(39)11-8-12-36-40(2,20-10-26-58(47,48)49)32-28-30(60(53,54)55)16-18-34(32)43(36)23-25-57-4/h8,11-12,15-18,27-28H,5-7,9-10,13-14,19-26H2,1-4H3,(H4-,41,44,45,46,47,48,49,50,51,52,53,54,55)/p+1. The Morgan fingerprint density at radius 1 is 0.800 bits per heavy atom. The second-order valence-electron chi connectivity index (χ2n) is 15.4. The molecule has 4 rings (SSSR count). The van der Waals surface area contributed by atoms with Gasteiger partial charge in [0, 0.05) is 81.1 Å². The van der Waals surface area contributed by atoms with Crippen molar-refractivity contribution >= 4 is 59.3 Å². The van der Waals surface area contributed by atoms with Gasteiger partial charge < -0.3 is 24.8 Å². The normalized spacial score (nSPS) is 20.0. The number of allylic oxidation sites excluding steroid dienone is 4. The summed E-state index contributed by atoms with van der Waals surface area (Å²) in [7, 11) is -10.5. The van der Waals surface area contributed by atoms with Crippen molar-refractivity contribution in [1.82, 2.24) is 5.32 Å². The van der Waals surface area contributed by atoms with Gasteiger partial charge in [-0.25, -0.2) is 0 Å². The lowest BCUT2D eigenvalue weighted by atomic mass is 9.75. The summed E-state index contributed by atoms with van der Waals surface area (Å²) in [6.45, 7) is 5.37. The third kappa shape index (κ3) is 12.1. The van der Waals surface area contributed by atoms with Gasteiger partial charge in [0.1, 0.15) is 6.54 Å². The molecule has 0 aliphatic carbocycles. The van der Waals surface area contributed by atoms with E-state index in [1.807, 2.05) is 35.5 Å². The summed E-state index contributed by atoms with van der Waals surface area (Å²) in [5.41, 5.74) is 1.75. The number of hydrogen-bond acceptors (Lipinski definition) is 11. The number of nitrogens with zero attached hydrogens (tertiary/aromatic N) is 2. The fraction of sp³-hybridized carbons (Fsp3) is 0.525. The quantitative estimate of drug-likeness (QED) is 0.0546. The van der Waals surface area contributed by atoms with Crippen LogP contribution in [0.3, 0.4) is 0 Å². The number of amides is 1. The van der Waals surface area contributed by atoms with Crippen molar-refractivity contribution in [3.8, 4) is 0 Å². The minimum Gasteiger partial charge on any atom is -0.481 e. The van der Waals surface area contributed by atoms with Crippen LogP contribution in [-0.4, -0.2) is 119 Å². The monoisotopic (exact) mass is 898 g/mol. The molecule has 2 aliphatic heterocycles. The SMILES string of the molecule is COCCNC(=O)CCCC1(C)C(C=CC=C2N(CCOC)c3ccc(S(=O)(=O)O)cc3C2(C)CCCS(=O)(=O)O)=[N+](CCCCCC(=O)O)c2ccc(S(=O)(=O)O)cc21. The first-order chi connectivity index (χ1) is 28.1. The molecule has 17 nitrogen and oxygen atoms in total. The first-order valence-electron chi connectivity index (χ1n) is 19.5. The van der Waals surface area contributed by atoms with Gasteiger partial charge in [-0.05, 0) is 94.3 Å². The number of carboxylic acids is 1. The van der Waals surface area contributed by atoms with Gasteiger partial charge in [-0.2, -0.15) is 29.8 Å². The lowest BCUT2D eigenvalue weighted by Gasteiger charge is -2.30. The van der Waals surface area contributed by atoms with Gasteiger partial charge in [-0.3, -0.25) is 23.2 Å². The highest BCUT2D eigenvalue weighted by atomic mass is 32.2. The number of ether oxygens (including phenoxy) is 2. The number of nitrogens with one attached hydrogen (secondary N) is 1. The zero-order valence-corrected chi connectivity index (χ0v) is 36.7. The number of hydrogen-bond donors (Lipinski definition) is 5. The summed E-state index contributed by atoms with van der Waals surface area (Å²) < 4.78 is 115. The van der Waals surface area contributed by atoms with Gasteiger partial charge in [0.15, 0.2) is 5.71 Å². The minimum atomic E-state index is -4.63. The highest BCUT2D eigenvalue weighted by molar-refractivity contribution is 7.86. The number of rotatable bonds is 24. The molecule has 1 amide bonds. The van der Waals surface area contributed by atoms with E-state index in [1.54, 1.807) is 18.2 Å². The summed E-state index contributed by atoms with van der Waals surface area (Å²) in [5, 5.41) is 12.0. The number of anilines is 1. The number of unbranched alkanes of at least 4 members (excludes halogenated alkanes) is 2. The molecule has 2 atom stereocenters. The van der Waals surface area contributed by atoms with Crippen LogP contribution >= 0.6 is 0 Å². The molecule has 0 saturated carbocycles. The predicted octanol–water partition coefficient (Wildman–Crippen LogP) is 4.65. The average Bonchev–Trinajstić information content (AvgIpc) is 3.52. The van der Waals surface area contributed by atoms with Crippen molar-refractivity contribution in [1.29, 1.82) is 0 Å². The molecule has 0 bridgehead atoms. The second-order valence-corrected chi connectivity index (χ2v) is 19.8. The van der Waals surface area contributed by atoms with E-state index in [2.05, 4.69) is 5.32 Å². The first kappa shape index (κ1) is 48.6. The van der Waals surface area contributed by atoms with E-state index in [0.717, 1.165) is 5.71 Å². The van der Waals surface area contributed by atoms with E-state index in [0.29, 0.717) is 86.5 Å². The van der Waals surface area contributed by atoms with Crippen molar-refractivity contribution in [2.45, 2.75) is 92.3 Å². The smallest absolute Gasteiger partial charge is 0.303 e. The molecule has 2 aromatic carbocycles. The van der Waals surface area contributed by atoms with E-state index in [-0.39, 0.29) is 48.0 Å². The lowest BCUT2D eigenvalue weighted by molar-refractivity contribution is -0.438. The molecule has 332 valence electrons. The van der Waals surface area contributed by atoms with Gasteiger partial charge in [-0.15, -0.1) is 0 Å². The van der Waals surface area contributed by atoms with Crippen LogP contribution in [0.4, 0.5) is 11.4 Å². The Kier molecular flexibility index (Phi) is 16.4. The predicted molar refractivity (Wildman–Crippen MR) is 224 cm³/mol. The number of carbonyl (C=O) groups excluding carboxylic acids is 1. The van der Waals surface area contributed by atoms with Crippen LogP contribution in [0.25, 0.3) is 0 Å². The first-order valence-corrected chi connectivity index (χ1v) is 24.0. The third-order valence-electron chi connectivity index (χ3n) is 11.1. The molecule has 2 aliphatic rings. The number of fused-ring (bicyclic) bond motifs is 2. The van der Waals surface area contributed by atoms with Gasteiger partial charge in [0.25, 0.3) is 30.4 Å². The minimum absolute atomic E-state index is 0.000393. The Balaban J connectivity index is 1.89. The van der Waals surface area contributed by atoms with E-state index < -0.39 is 52.9 Å². The summed E-state index contributed by atoms with van der Waals surface area (Å²) in [6.07, 6.45) is 8.11. The van der Waals surface area contributed by atoms with Gasteiger partial charge in [0.2, 0.25) is 11.6 Å². The molecule has 5 N–H and O–H groups in total. The fourth-order valence-corrected chi connectivity index (χ4v) is 9.64. The van der Waals surface area contributed by atoms with Gasteiger partial charge in [0.05, 0.1) is 34.2 Å². The molecule has 0 aromatic heterocycles. The maximum Gasteiger partial charge on any atom is 0.303 e. The average molecular weight is 899 g/mol. The zero-order chi connectivity index (χ0) is 44.5. The van der Waals surface area contributed by atoms with Crippen molar-refractivity contribution in [3.05, 3.63) is 71.5 Å². The fourth-order valence-electron chi connectivity index (χ4n) is 8.12. The molecular formula is C40H56N3O14S3+. The Morgan fingerprint density at radius 3 is 2.05 bits per heavy atom. The molecule has 0 spiro atoms. The van der Waals surface area contributed by atoms with E-state index in [4.69, 9.17) is 9.47 Å². The molecule has 0 saturated heterocycles. The Bertz CT molecular complexity index is 2340. The number of carbonyl (C=O) groups is 2. The summed E-state index contributed by atoms with van der Waals surface area (Å²) in [4.78, 5) is 25.2. The summed E-state index contributed by atoms with van der Waals surface area (Å²) in [6, 6.07) is 8.54. The van der Waals surface area contributed by atoms with E-state index >= 15 is 0 Å². The van der Waals surface area contributed by atoms with Crippen LogP contribution in [0.2, 0.25) is 0 Å². The van der Waals surface area contributed by atoms with Crippen LogP contribution in [0, 0.1) is 0 Å². The second kappa shape index (κ2) is 20.2. The largest absolute Gasteiger partial charge is 0.481 e. The van der Waals surface area contributed by atoms with Crippen LogP contribution in [0.1, 0.15) is 82.8 Å². The number of methoxy groups -OCH3 is 2. The van der Waals surface area contributed by atoms with Crippen molar-refractivity contribution in [2.24, 2.45) is 0 Å². The molecule has 60 heavy (non-hydrogen) atoms. The molecule has 0 radical (unpaired) electrons. The van der Waals surface area contributed by atoms with Crippen LogP contribution in [-0.2, 0) is 60.2 Å². The number of aliphatic carboxylic acids is 1. The maximum atomic E-state index is 12.7. The van der Waals surface area contributed by atoms with Crippen LogP contribution in [0.5, 0.6) is 0 Å². The lowest BCUT2D eigenvalue weighted by Crippen LogP contribution is -2.33.